The quantitative estimate of drug-likeness (QED) is 0.769. The smallest absolute Gasteiger partial charge is 0.341 e. The van der Waals surface area contributed by atoms with Crippen LogP contribution in [-0.4, -0.2) is 47.9 Å². The minimum Gasteiger partial charge on any atom is -0.487 e. The van der Waals surface area contributed by atoms with Crippen LogP contribution in [0.5, 0.6) is 5.75 Å². The molecule has 4 heterocycles. The van der Waals surface area contributed by atoms with Crippen LogP contribution in [0.2, 0.25) is 0 Å². The summed E-state index contributed by atoms with van der Waals surface area (Å²) in [6.07, 6.45) is 4.50. The molecular formula is C20H20FN3O4. The van der Waals surface area contributed by atoms with Crippen LogP contribution in [0, 0.1) is 5.82 Å². The van der Waals surface area contributed by atoms with Gasteiger partial charge in [-0.1, -0.05) is 6.08 Å². The number of anilines is 1. The molecular weight excluding hydrogens is 365 g/mol. The number of carbonyl (C=O) groups is 1. The first-order chi connectivity index (χ1) is 13.5. The Morgan fingerprint density at radius 1 is 1.43 bits per heavy atom. The van der Waals surface area contributed by atoms with Crippen molar-refractivity contribution in [2.24, 2.45) is 0 Å². The Balaban J connectivity index is 1.75. The van der Waals surface area contributed by atoms with Crippen molar-refractivity contribution in [1.29, 1.82) is 0 Å². The predicted octanol–water partition coefficient (Wildman–Crippen LogP) is 1.90. The van der Waals surface area contributed by atoms with Crippen LogP contribution in [0.15, 0.2) is 28.7 Å². The second-order valence-electron chi connectivity index (χ2n) is 7.63. The van der Waals surface area contributed by atoms with Gasteiger partial charge in [0, 0.05) is 25.3 Å². The van der Waals surface area contributed by atoms with Crippen molar-refractivity contribution >= 4 is 22.6 Å². The molecule has 1 unspecified atom stereocenters. The maximum atomic E-state index is 15.2. The number of carboxylic acid groups (broad SMARTS) is 1. The minimum absolute atomic E-state index is 0.0386. The van der Waals surface area contributed by atoms with Gasteiger partial charge in [0.2, 0.25) is 5.43 Å². The summed E-state index contributed by atoms with van der Waals surface area (Å²) in [7, 11) is 0. The summed E-state index contributed by atoms with van der Waals surface area (Å²) in [6, 6.07) is 1.18. The van der Waals surface area contributed by atoms with Crippen LogP contribution in [0.3, 0.4) is 0 Å². The van der Waals surface area contributed by atoms with E-state index in [0.717, 1.165) is 19.0 Å². The summed E-state index contributed by atoms with van der Waals surface area (Å²) in [5, 5.41) is 12.9. The summed E-state index contributed by atoms with van der Waals surface area (Å²) in [6.45, 7) is 4.28. The number of aromatic carboxylic acids is 1. The molecule has 0 bridgehead atoms. The molecule has 7 nitrogen and oxygen atoms in total. The molecule has 0 radical (unpaired) electrons. The Hall–Kier alpha value is -2.87. The Bertz CT molecular complexity index is 1110. The van der Waals surface area contributed by atoms with E-state index in [2.05, 4.69) is 11.4 Å². The van der Waals surface area contributed by atoms with Gasteiger partial charge in [0.15, 0.2) is 11.6 Å². The number of pyridine rings is 1. The summed E-state index contributed by atoms with van der Waals surface area (Å²) in [4.78, 5) is 26.1. The number of rotatable bonds is 2. The van der Waals surface area contributed by atoms with E-state index in [0.29, 0.717) is 30.0 Å². The van der Waals surface area contributed by atoms with Crippen molar-refractivity contribution in [2.75, 3.05) is 31.1 Å². The number of benzene rings is 1. The molecule has 2 N–H and O–H groups in total. The average Bonchev–Trinajstić information content (AvgIpc) is 3.09. The lowest BCUT2D eigenvalue weighted by Crippen LogP contribution is -2.36. The molecule has 0 saturated carbocycles. The van der Waals surface area contributed by atoms with Crippen LogP contribution in [0.25, 0.3) is 10.9 Å². The fourth-order valence-corrected chi connectivity index (χ4v) is 4.48. The van der Waals surface area contributed by atoms with E-state index in [-0.39, 0.29) is 29.6 Å². The van der Waals surface area contributed by atoms with E-state index < -0.39 is 17.2 Å². The molecule has 1 saturated heterocycles. The van der Waals surface area contributed by atoms with E-state index in [1.807, 2.05) is 11.8 Å². The molecule has 2 aromatic rings. The molecule has 0 aliphatic carbocycles. The van der Waals surface area contributed by atoms with Crippen LogP contribution in [0.4, 0.5) is 10.1 Å². The number of nitrogens with one attached hydrogen (secondary N) is 1. The van der Waals surface area contributed by atoms with Crippen LogP contribution in [0.1, 0.15) is 29.7 Å². The number of ether oxygens (including phenoxy) is 1. The summed E-state index contributed by atoms with van der Waals surface area (Å²) >= 11 is 0. The highest BCUT2D eigenvalue weighted by atomic mass is 19.1. The minimum atomic E-state index is -1.32. The van der Waals surface area contributed by atoms with Crippen LogP contribution in [-0.2, 0) is 0 Å². The third-order valence-electron chi connectivity index (χ3n) is 5.85. The van der Waals surface area contributed by atoms with Crippen molar-refractivity contribution in [3.05, 3.63) is 45.5 Å². The van der Waals surface area contributed by atoms with Gasteiger partial charge in [-0.05, 0) is 31.5 Å². The summed E-state index contributed by atoms with van der Waals surface area (Å²) in [5.74, 6) is -1.56. The largest absolute Gasteiger partial charge is 0.487 e. The Morgan fingerprint density at radius 2 is 2.25 bits per heavy atom. The maximum Gasteiger partial charge on any atom is 0.341 e. The van der Waals surface area contributed by atoms with Crippen molar-refractivity contribution in [1.82, 2.24) is 9.88 Å². The summed E-state index contributed by atoms with van der Waals surface area (Å²) < 4.78 is 22.8. The van der Waals surface area contributed by atoms with Crippen molar-refractivity contribution < 1.29 is 19.0 Å². The molecule has 3 aliphatic rings. The highest BCUT2D eigenvalue weighted by Gasteiger charge is 2.35. The number of aromatic nitrogens is 1. The second-order valence-corrected chi connectivity index (χ2v) is 7.63. The van der Waals surface area contributed by atoms with Crippen molar-refractivity contribution in [2.45, 2.75) is 25.4 Å². The average molecular weight is 385 g/mol. The van der Waals surface area contributed by atoms with Crippen molar-refractivity contribution in [3.63, 3.8) is 0 Å². The van der Waals surface area contributed by atoms with Gasteiger partial charge >= 0.3 is 5.97 Å². The van der Waals surface area contributed by atoms with Gasteiger partial charge in [-0.2, -0.15) is 0 Å². The first-order valence-electron chi connectivity index (χ1n) is 9.40. The zero-order chi connectivity index (χ0) is 19.6. The van der Waals surface area contributed by atoms with Crippen LogP contribution >= 0.6 is 0 Å². The third kappa shape index (κ3) is 2.37. The Kier molecular flexibility index (Phi) is 3.74. The first-order valence-corrected chi connectivity index (χ1v) is 9.40. The maximum absolute atomic E-state index is 15.2. The number of carboxylic acids is 1. The topological polar surface area (TPSA) is 83.8 Å². The van der Waals surface area contributed by atoms with E-state index in [1.165, 1.54) is 11.8 Å². The molecule has 0 amide bonds. The van der Waals surface area contributed by atoms with E-state index in [9.17, 15) is 14.7 Å². The highest BCUT2D eigenvalue weighted by Crippen LogP contribution is 2.43. The summed E-state index contributed by atoms with van der Waals surface area (Å²) in [5.41, 5.74) is 0.985. The predicted molar refractivity (Wildman–Crippen MR) is 102 cm³/mol. The van der Waals surface area contributed by atoms with E-state index in [4.69, 9.17) is 4.74 Å². The Morgan fingerprint density at radius 3 is 3.00 bits per heavy atom. The Labute approximate surface area is 160 Å². The van der Waals surface area contributed by atoms with Crippen LogP contribution < -0.4 is 20.4 Å². The molecule has 1 aromatic heterocycles. The highest BCUT2D eigenvalue weighted by molar-refractivity contribution is 5.97. The zero-order valence-electron chi connectivity index (χ0n) is 15.4. The lowest BCUT2D eigenvalue weighted by molar-refractivity contribution is 0.0694. The number of halogens is 1. The molecule has 28 heavy (non-hydrogen) atoms. The molecule has 1 aromatic carbocycles. The number of nitrogens with zero attached hydrogens (tertiary/aromatic N) is 2. The van der Waals surface area contributed by atoms with Gasteiger partial charge in [0.25, 0.3) is 0 Å². The molecule has 1 fully saturated rings. The van der Waals surface area contributed by atoms with Gasteiger partial charge in [-0.3, -0.25) is 4.79 Å². The fraction of sp³-hybridized carbons (Fsp3) is 0.400. The van der Waals surface area contributed by atoms with Gasteiger partial charge in [0.05, 0.1) is 16.9 Å². The fourth-order valence-electron chi connectivity index (χ4n) is 4.48. The monoisotopic (exact) mass is 385 g/mol. The number of hydrogen-bond acceptors (Lipinski definition) is 5. The third-order valence-corrected chi connectivity index (χ3v) is 5.85. The second kappa shape index (κ2) is 6.07. The van der Waals surface area contributed by atoms with Gasteiger partial charge in [-0.15, -0.1) is 0 Å². The normalized spacial score (nSPS) is 23.4. The van der Waals surface area contributed by atoms with Crippen molar-refractivity contribution in [3.8, 4) is 5.75 Å². The van der Waals surface area contributed by atoms with E-state index >= 15 is 4.39 Å². The molecule has 0 spiro atoms. The molecule has 8 heteroatoms. The number of fused-ring (bicyclic) bond motifs is 1. The lowest BCUT2D eigenvalue weighted by Gasteiger charge is -2.31. The first kappa shape index (κ1) is 17.2. The number of hydrogen-bond donors (Lipinski definition) is 2. The van der Waals surface area contributed by atoms with E-state index in [1.54, 1.807) is 4.57 Å². The zero-order valence-corrected chi connectivity index (χ0v) is 15.4. The molecule has 146 valence electrons. The molecule has 3 aliphatic heterocycles. The molecule has 5 rings (SSSR count). The van der Waals surface area contributed by atoms with Gasteiger partial charge < -0.3 is 24.6 Å². The van der Waals surface area contributed by atoms with Gasteiger partial charge in [0.1, 0.15) is 17.9 Å². The van der Waals surface area contributed by atoms with Gasteiger partial charge in [-0.25, -0.2) is 9.18 Å². The lowest BCUT2D eigenvalue weighted by atomic mass is 10.1. The molecule has 2 atom stereocenters. The standard InChI is InChI=1S/C20H20FN3O4/c1-10-9-28-19-16-12(18(25)13(20(26)27)7-24(10)16)5-14(21)17(19)23-6-11-3-2-4-22-15(11)8-23/h3,5,7,10,15,22H,2,4,6,8-9H2,1H3,(H,26,27)/t10-,15?/m1/s1. The SMILES string of the molecule is C[C@@H]1COc2c(N3CC4=CCCNC4C3)c(F)cc3c(=O)c(C(=O)O)cn1c23.